The van der Waals surface area contributed by atoms with Gasteiger partial charge in [0.05, 0.1) is 12.7 Å². The van der Waals surface area contributed by atoms with Crippen LogP contribution >= 0.6 is 31.9 Å². The standard InChI is InChI=1S/C26H17Br2NO7/c1-14(30)34-22-9-5-16(13-23(22)33-2)24-29-20(26(32)36-24)12-17-11-19(28)8-10-21(17)35-25(31)15-3-6-18(27)7-4-15/h3-13H,1-2H3/b20-12-. The molecule has 1 aliphatic heterocycles. The maximum atomic E-state index is 12.6. The second kappa shape index (κ2) is 10.9. The number of ether oxygens (including phenoxy) is 4. The Morgan fingerprint density at radius 1 is 0.889 bits per heavy atom. The zero-order valence-corrected chi connectivity index (χ0v) is 22.1. The number of rotatable bonds is 6. The molecule has 0 N–H and O–H groups in total. The van der Waals surface area contributed by atoms with Gasteiger partial charge < -0.3 is 18.9 Å². The fourth-order valence-corrected chi connectivity index (χ4v) is 3.83. The Bertz CT molecular complexity index is 1430. The SMILES string of the molecule is COc1cc(C2=N/C(=C\c3cc(Br)ccc3OC(=O)c3ccc(Br)cc3)C(=O)O2)ccc1OC(C)=O. The Morgan fingerprint density at radius 3 is 2.28 bits per heavy atom. The summed E-state index contributed by atoms with van der Waals surface area (Å²) in [4.78, 5) is 40.8. The van der Waals surface area contributed by atoms with Crippen LogP contribution in [0.25, 0.3) is 6.08 Å². The largest absolute Gasteiger partial charge is 0.493 e. The number of carbonyl (C=O) groups is 3. The molecule has 0 fully saturated rings. The van der Waals surface area contributed by atoms with E-state index in [4.69, 9.17) is 18.9 Å². The van der Waals surface area contributed by atoms with Crippen molar-refractivity contribution in [3.05, 3.63) is 92.0 Å². The molecule has 4 rings (SSSR count). The van der Waals surface area contributed by atoms with Crippen molar-refractivity contribution in [1.29, 1.82) is 0 Å². The molecule has 0 amide bonds. The number of cyclic esters (lactones) is 1. The van der Waals surface area contributed by atoms with Gasteiger partial charge in [-0.2, -0.15) is 0 Å². The molecule has 0 saturated carbocycles. The summed E-state index contributed by atoms with van der Waals surface area (Å²) in [6, 6.07) is 16.4. The van der Waals surface area contributed by atoms with Crippen LogP contribution in [0.3, 0.4) is 0 Å². The van der Waals surface area contributed by atoms with Crippen LogP contribution in [-0.4, -0.2) is 30.9 Å². The average molecular weight is 615 g/mol. The molecule has 0 saturated heterocycles. The highest BCUT2D eigenvalue weighted by Gasteiger charge is 2.26. The first-order valence-electron chi connectivity index (χ1n) is 10.4. The van der Waals surface area contributed by atoms with Gasteiger partial charge >= 0.3 is 17.9 Å². The van der Waals surface area contributed by atoms with Crippen molar-refractivity contribution in [2.75, 3.05) is 7.11 Å². The Labute approximate surface area is 222 Å². The van der Waals surface area contributed by atoms with Crippen LogP contribution in [0, 0.1) is 0 Å². The molecule has 8 nitrogen and oxygen atoms in total. The monoisotopic (exact) mass is 613 g/mol. The number of benzene rings is 3. The van der Waals surface area contributed by atoms with Gasteiger partial charge in [0.2, 0.25) is 5.90 Å². The molecule has 182 valence electrons. The summed E-state index contributed by atoms with van der Waals surface area (Å²) in [5.41, 5.74) is 1.25. The summed E-state index contributed by atoms with van der Waals surface area (Å²) in [6.07, 6.45) is 1.47. The zero-order chi connectivity index (χ0) is 25.8. The lowest BCUT2D eigenvalue weighted by molar-refractivity contribution is -0.132. The van der Waals surface area contributed by atoms with E-state index < -0.39 is 17.9 Å². The Balaban J connectivity index is 1.64. The van der Waals surface area contributed by atoms with Gasteiger partial charge in [-0.1, -0.05) is 31.9 Å². The molecule has 10 heteroatoms. The average Bonchev–Trinajstić information content (AvgIpc) is 3.21. The zero-order valence-electron chi connectivity index (χ0n) is 18.9. The van der Waals surface area contributed by atoms with Gasteiger partial charge in [-0.15, -0.1) is 0 Å². The van der Waals surface area contributed by atoms with E-state index in [0.717, 1.165) is 4.47 Å². The Morgan fingerprint density at radius 2 is 1.58 bits per heavy atom. The van der Waals surface area contributed by atoms with Crippen LogP contribution in [0.5, 0.6) is 17.2 Å². The topological polar surface area (TPSA) is 100 Å². The van der Waals surface area contributed by atoms with E-state index in [1.807, 2.05) is 0 Å². The molecule has 1 heterocycles. The van der Waals surface area contributed by atoms with Gasteiger partial charge in [-0.3, -0.25) is 4.79 Å². The van der Waals surface area contributed by atoms with Gasteiger partial charge in [0.25, 0.3) is 0 Å². The van der Waals surface area contributed by atoms with E-state index in [2.05, 4.69) is 36.9 Å². The minimum Gasteiger partial charge on any atom is -0.493 e. The lowest BCUT2D eigenvalue weighted by atomic mass is 10.1. The number of aliphatic imine (C=N–C) groups is 1. The predicted molar refractivity (Wildman–Crippen MR) is 138 cm³/mol. The summed E-state index contributed by atoms with van der Waals surface area (Å²) in [5, 5.41) is 0. The Hall–Kier alpha value is -3.76. The highest BCUT2D eigenvalue weighted by atomic mass is 79.9. The summed E-state index contributed by atoms with van der Waals surface area (Å²) < 4.78 is 22.8. The second-order valence-corrected chi connectivity index (χ2v) is 9.21. The van der Waals surface area contributed by atoms with E-state index >= 15 is 0 Å². The highest BCUT2D eigenvalue weighted by molar-refractivity contribution is 9.10. The molecule has 0 bridgehead atoms. The normalized spacial score (nSPS) is 13.7. The number of esters is 3. The van der Waals surface area contributed by atoms with Crippen molar-refractivity contribution in [2.45, 2.75) is 6.92 Å². The van der Waals surface area contributed by atoms with Gasteiger partial charge in [-0.05, 0) is 66.7 Å². The fraction of sp³-hybridized carbons (Fsp3) is 0.0769. The maximum absolute atomic E-state index is 12.6. The van der Waals surface area contributed by atoms with Crippen molar-refractivity contribution < 1.29 is 33.3 Å². The summed E-state index contributed by atoms with van der Waals surface area (Å²) in [6.45, 7) is 1.28. The second-order valence-electron chi connectivity index (χ2n) is 7.37. The summed E-state index contributed by atoms with van der Waals surface area (Å²) in [7, 11) is 1.42. The van der Waals surface area contributed by atoms with Gasteiger partial charge in [0.15, 0.2) is 17.2 Å². The number of halogens is 2. The third-order valence-corrected chi connectivity index (χ3v) is 5.85. The van der Waals surface area contributed by atoms with Crippen LogP contribution in [-0.2, 0) is 14.3 Å². The maximum Gasteiger partial charge on any atom is 0.363 e. The first-order valence-corrected chi connectivity index (χ1v) is 12.0. The van der Waals surface area contributed by atoms with Crippen LogP contribution in [0.1, 0.15) is 28.4 Å². The van der Waals surface area contributed by atoms with Gasteiger partial charge in [-0.25, -0.2) is 14.6 Å². The summed E-state index contributed by atoms with van der Waals surface area (Å²) in [5.74, 6) is -0.957. The molecule has 0 aromatic heterocycles. The molecule has 3 aromatic carbocycles. The van der Waals surface area contributed by atoms with Crippen LogP contribution in [0.2, 0.25) is 0 Å². The van der Waals surface area contributed by atoms with Crippen molar-refractivity contribution in [2.24, 2.45) is 4.99 Å². The third-order valence-electron chi connectivity index (χ3n) is 4.83. The predicted octanol–water partition coefficient (Wildman–Crippen LogP) is 5.71. The molecular formula is C26H17Br2NO7. The first kappa shape index (κ1) is 25.3. The number of carbonyl (C=O) groups excluding carboxylic acids is 3. The molecule has 0 aliphatic carbocycles. The molecule has 1 aliphatic rings. The number of hydrogen-bond acceptors (Lipinski definition) is 8. The van der Waals surface area contributed by atoms with Crippen molar-refractivity contribution in [1.82, 2.24) is 0 Å². The van der Waals surface area contributed by atoms with Crippen LogP contribution < -0.4 is 14.2 Å². The van der Waals surface area contributed by atoms with E-state index in [1.54, 1.807) is 48.5 Å². The molecular weight excluding hydrogens is 598 g/mol. The van der Waals surface area contributed by atoms with Gasteiger partial charge in [0.1, 0.15) is 5.75 Å². The highest BCUT2D eigenvalue weighted by Crippen LogP contribution is 2.31. The number of nitrogens with zero attached hydrogens (tertiary/aromatic N) is 1. The van der Waals surface area contributed by atoms with E-state index in [-0.39, 0.29) is 28.8 Å². The quantitative estimate of drug-likeness (QED) is 0.199. The lowest BCUT2D eigenvalue weighted by Crippen LogP contribution is -2.09. The fourth-order valence-electron chi connectivity index (χ4n) is 3.19. The molecule has 3 aromatic rings. The number of methoxy groups -OCH3 is 1. The summed E-state index contributed by atoms with van der Waals surface area (Å²) >= 11 is 6.72. The van der Waals surface area contributed by atoms with E-state index in [1.165, 1.54) is 32.2 Å². The lowest BCUT2D eigenvalue weighted by Gasteiger charge is -2.09. The van der Waals surface area contributed by atoms with E-state index in [0.29, 0.717) is 21.2 Å². The molecule has 36 heavy (non-hydrogen) atoms. The third kappa shape index (κ3) is 5.89. The van der Waals surface area contributed by atoms with Crippen LogP contribution in [0.15, 0.2) is 80.3 Å². The van der Waals surface area contributed by atoms with Crippen molar-refractivity contribution in [3.63, 3.8) is 0 Å². The molecule has 0 radical (unpaired) electrons. The number of hydrogen-bond donors (Lipinski definition) is 0. The minimum absolute atomic E-state index is 0.00655. The minimum atomic E-state index is -0.682. The smallest absolute Gasteiger partial charge is 0.363 e. The molecule has 0 unspecified atom stereocenters. The molecule has 0 atom stereocenters. The van der Waals surface area contributed by atoms with Crippen molar-refractivity contribution in [3.8, 4) is 17.2 Å². The molecule has 0 spiro atoms. The Kier molecular flexibility index (Phi) is 7.66. The van der Waals surface area contributed by atoms with Crippen LogP contribution in [0.4, 0.5) is 0 Å². The van der Waals surface area contributed by atoms with E-state index in [9.17, 15) is 14.4 Å². The van der Waals surface area contributed by atoms with Crippen molar-refractivity contribution >= 4 is 61.7 Å². The van der Waals surface area contributed by atoms with Gasteiger partial charge in [0, 0.05) is 27.0 Å². The first-order chi connectivity index (χ1) is 17.2.